The fourth-order valence-corrected chi connectivity index (χ4v) is 2.29. The fourth-order valence-electron chi connectivity index (χ4n) is 1.47. The normalized spacial score (nSPS) is 10.9. The first-order valence-electron chi connectivity index (χ1n) is 3.91. The van der Waals surface area contributed by atoms with Gasteiger partial charge < -0.3 is 4.57 Å². The molecule has 1 nitrogen and oxygen atoms in total. The van der Waals surface area contributed by atoms with Gasteiger partial charge in [0.15, 0.2) is 0 Å². The second-order valence-electron chi connectivity index (χ2n) is 2.98. The topological polar surface area (TPSA) is 4.93 Å². The molecule has 0 atom stereocenters. The summed E-state index contributed by atoms with van der Waals surface area (Å²) in [4.78, 5) is 0. The summed E-state index contributed by atoms with van der Waals surface area (Å²) in [6.07, 6.45) is 0. The van der Waals surface area contributed by atoms with Crippen molar-refractivity contribution in [2.75, 3.05) is 0 Å². The summed E-state index contributed by atoms with van der Waals surface area (Å²) in [6, 6.07) is 8.50. The third-order valence-corrected chi connectivity index (χ3v) is 3.68. The van der Waals surface area contributed by atoms with E-state index in [0.717, 1.165) is 0 Å². The van der Waals surface area contributed by atoms with Crippen LogP contribution in [0.15, 0.2) is 24.3 Å². The molecule has 0 spiro atoms. The Morgan fingerprint density at radius 3 is 2.58 bits per heavy atom. The van der Waals surface area contributed by atoms with Crippen molar-refractivity contribution in [1.29, 1.82) is 0 Å². The van der Waals surface area contributed by atoms with Crippen LogP contribution in [0, 0.1) is 10.5 Å². The van der Waals surface area contributed by atoms with Gasteiger partial charge in [0.25, 0.3) is 0 Å². The summed E-state index contributed by atoms with van der Waals surface area (Å²) in [5, 5.41) is 1.36. The van der Waals surface area contributed by atoms with Crippen molar-refractivity contribution in [2.24, 2.45) is 7.05 Å². The Morgan fingerprint density at radius 1 is 1.25 bits per heavy atom. The molecule has 62 valence electrons. The average Bonchev–Trinajstić information content (AvgIpc) is 2.33. The molecule has 0 bridgehead atoms. The van der Waals surface area contributed by atoms with E-state index in [1.807, 2.05) is 0 Å². The molecule has 0 amide bonds. The molecule has 0 radical (unpaired) electrons. The third-order valence-electron chi connectivity index (χ3n) is 2.32. The summed E-state index contributed by atoms with van der Waals surface area (Å²) < 4.78 is 3.60. The molecule has 12 heavy (non-hydrogen) atoms. The highest BCUT2D eigenvalue weighted by Gasteiger charge is 2.06. The standard InChI is InChI=1S/C10H10IN/c1-7-10(11)8-5-3-4-6-9(8)12(7)2/h3-6H,1-2H3. The number of hydrogen-bond donors (Lipinski definition) is 0. The molecule has 0 aliphatic carbocycles. The van der Waals surface area contributed by atoms with E-state index in [2.05, 4.69) is 65.4 Å². The van der Waals surface area contributed by atoms with Gasteiger partial charge in [-0.25, -0.2) is 0 Å². The molecule has 0 N–H and O–H groups in total. The minimum atomic E-state index is 1.32. The number of fused-ring (bicyclic) bond motifs is 1. The second-order valence-corrected chi connectivity index (χ2v) is 4.05. The van der Waals surface area contributed by atoms with Crippen LogP contribution in [0.3, 0.4) is 0 Å². The SMILES string of the molecule is Cc1c(I)c2ccccc2n1C. The summed E-state index contributed by atoms with van der Waals surface area (Å²) >= 11 is 2.40. The lowest BCUT2D eigenvalue weighted by Gasteiger charge is -1.96. The van der Waals surface area contributed by atoms with Crippen molar-refractivity contribution in [3.63, 3.8) is 0 Å². The maximum atomic E-state index is 2.40. The van der Waals surface area contributed by atoms with Crippen LogP contribution < -0.4 is 0 Å². The van der Waals surface area contributed by atoms with Gasteiger partial charge in [-0.2, -0.15) is 0 Å². The van der Waals surface area contributed by atoms with Crippen molar-refractivity contribution in [3.8, 4) is 0 Å². The molecule has 1 heterocycles. The molecule has 1 aromatic heterocycles. The highest BCUT2D eigenvalue weighted by Crippen LogP contribution is 2.25. The van der Waals surface area contributed by atoms with E-state index < -0.39 is 0 Å². The maximum Gasteiger partial charge on any atom is 0.0490 e. The highest BCUT2D eigenvalue weighted by atomic mass is 127. The first-order chi connectivity index (χ1) is 5.72. The third kappa shape index (κ3) is 0.975. The molecule has 0 saturated carbocycles. The largest absolute Gasteiger partial charge is 0.347 e. The molecule has 0 aliphatic heterocycles. The number of rotatable bonds is 0. The molecular weight excluding hydrogens is 261 g/mol. The Labute approximate surface area is 85.5 Å². The van der Waals surface area contributed by atoms with Crippen LogP contribution in [0.5, 0.6) is 0 Å². The van der Waals surface area contributed by atoms with Crippen LogP contribution in [0.2, 0.25) is 0 Å². The van der Waals surface area contributed by atoms with Gasteiger partial charge in [0, 0.05) is 27.2 Å². The summed E-state index contributed by atoms with van der Waals surface area (Å²) in [6.45, 7) is 2.15. The van der Waals surface area contributed by atoms with Crippen LogP contribution in [0.25, 0.3) is 10.9 Å². The predicted molar refractivity (Wildman–Crippen MR) is 60.4 cm³/mol. The van der Waals surface area contributed by atoms with Crippen LogP contribution in [0.1, 0.15) is 5.69 Å². The molecule has 0 saturated heterocycles. The molecule has 1 aromatic carbocycles. The van der Waals surface area contributed by atoms with Crippen LogP contribution in [-0.2, 0) is 7.05 Å². The van der Waals surface area contributed by atoms with Gasteiger partial charge in [-0.15, -0.1) is 0 Å². The van der Waals surface area contributed by atoms with Crippen LogP contribution in [-0.4, -0.2) is 4.57 Å². The van der Waals surface area contributed by atoms with Crippen molar-refractivity contribution >= 4 is 33.5 Å². The molecule has 0 aliphatic rings. The number of nitrogens with zero attached hydrogens (tertiary/aromatic N) is 1. The second kappa shape index (κ2) is 2.76. The van der Waals surface area contributed by atoms with E-state index in [-0.39, 0.29) is 0 Å². The van der Waals surface area contributed by atoms with E-state index in [0.29, 0.717) is 0 Å². The number of hydrogen-bond acceptors (Lipinski definition) is 0. The highest BCUT2D eigenvalue weighted by molar-refractivity contribution is 14.1. The van der Waals surface area contributed by atoms with Crippen molar-refractivity contribution in [3.05, 3.63) is 33.5 Å². The van der Waals surface area contributed by atoms with E-state index in [1.165, 1.54) is 20.2 Å². The molecule has 2 rings (SSSR count). The summed E-state index contributed by atoms with van der Waals surface area (Å²) in [5.74, 6) is 0. The number of benzene rings is 1. The van der Waals surface area contributed by atoms with Gasteiger partial charge in [-0.3, -0.25) is 0 Å². The first-order valence-corrected chi connectivity index (χ1v) is 4.99. The van der Waals surface area contributed by atoms with E-state index >= 15 is 0 Å². The Hall–Kier alpha value is -0.510. The van der Waals surface area contributed by atoms with Gasteiger partial charge in [0.1, 0.15) is 0 Å². The van der Waals surface area contributed by atoms with Gasteiger partial charge in [-0.1, -0.05) is 18.2 Å². The van der Waals surface area contributed by atoms with Gasteiger partial charge in [-0.05, 0) is 35.6 Å². The minimum absolute atomic E-state index is 1.32. The Morgan fingerprint density at radius 2 is 1.92 bits per heavy atom. The van der Waals surface area contributed by atoms with Crippen LogP contribution >= 0.6 is 22.6 Å². The van der Waals surface area contributed by atoms with Gasteiger partial charge in [0.05, 0.1) is 0 Å². The molecule has 0 unspecified atom stereocenters. The van der Waals surface area contributed by atoms with E-state index in [4.69, 9.17) is 0 Å². The number of para-hydroxylation sites is 1. The van der Waals surface area contributed by atoms with Crippen molar-refractivity contribution < 1.29 is 0 Å². The number of aryl methyl sites for hydroxylation is 1. The Kier molecular flexibility index (Phi) is 1.87. The summed E-state index contributed by atoms with van der Waals surface area (Å²) in [5.41, 5.74) is 2.66. The molecular formula is C10H10IN. The number of aromatic nitrogens is 1. The lowest BCUT2D eigenvalue weighted by atomic mass is 10.2. The maximum absolute atomic E-state index is 2.40. The number of halogens is 1. The minimum Gasteiger partial charge on any atom is -0.347 e. The monoisotopic (exact) mass is 271 g/mol. The van der Waals surface area contributed by atoms with Gasteiger partial charge >= 0.3 is 0 Å². The fraction of sp³-hybridized carbons (Fsp3) is 0.200. The predicted octanol–water partition coefficient (Wildman–Crippen LogP) is 3.09. The lowest BCUT2D eigenvalue weighted by molar-refractivity contribution is 0.913. The zero-order valence-corrected chi connectivity index (χ0v) is 9.29. The lowest BCUT2D eigenvalue weighted by Crippen LogP contribution is -1.89. The van der Waals surface area contributed by atoms with E-state index in [9.17, 15) is 0 Å². The zero-order chi connectivity index (χ0) is 8.72. The smallest absolute Gasteiger partial charge is 0.0490 e. The molecule has 2 aromatic rings. The van der Waals surface area contributed by atoms with Crippen molar-refractivity contribution in [1.82, 2.24) is 4.57 Å². The van der Waals surface area contributed by atoms with Gasteiger partial charge in [0.2, 0.25) is 0 Å². The van der Waals surface area contributed by atoms with Crippen molar-refractivity contribution in [2.45, 2.75) is 6.92 Å². The molecule has 0 fully saturated rings. The Balaban J connectivity index is 2.99. The summed E-state index contributed by atoms with van der Waals surface area (Å²) in [7, 11) is 2.11. The zero-order valence-electron chi connectivity index (χ0n) is 7.13. The molecule has 2 heteroatoms. The quantitative estimate of drug-likeness (QED) is 0.649. The first kappa shape index (κ1) is 8.10. The van der Waals surface area contributed by atoms with Crippen LogP contribution in [0.4, 0.5) is 0 Å². The van der Waals surface area contributed by atoms with E-state index in [1.54, 1.807) is 0 Å². The average molecular weight is 271 g/mol. The Bertz CT molecular complexity index is 390.